The SMILES string of the molecule is Cl.Cl.O=C(C1CCCCN1)N1CCN(C(c2ccccc2)c2ccccc2)CC1. The lowest BCUT2D eigenvalue weighted by Gasteiger charge is -2.41. The minimum Gasteiger partial charge on any atom is -0.339 e. The molecular formula is C23H31Cl2N3O. The van der Waals surface area contributed by atoms with Crippen LogP contribution in [0, 0.1) is 0 Å². The fraction of sp³-hybridized carbons (Fsp3) is 0.435. The van der Waals surface area contributed by atoms with Crippen molar-refractivity contribution >= 4 is 30.7 Å². The summed E-state index contributed by atoms with van der Waals surface area (Å²) >= 11 is 0. The van der Waals surface area contributed by atoms with Gasteiger partial charge in [-0.25, -0.2) is 0 Å². The Balaban J connectivity index is 0.00000150. The van der Waals surface area contributed by atoms with E-state index < -0.39 is 0 Å². The van der Waals surface area contributed by atoms with E-state index >= 15 is 0 Å². The number of rotatable bonds is 4. The highest BCUT2D eigenvalue weighted by molar-refractivity contribution is 5.85. The molecule has 1 atom stereocenters. The fourth-order valence-electron chi connectivity index (χ4n) is 4.37. The molecule has 2 aromatic rings. The van der Waals surface area contributed by atoms with Gasteiger partial charge in [0.05, 0.1) is 12.1 Å². The molecule has 2 aliphatic rings. The van der Waals surface area contributed by atoms with Gasteiger partial charge in [-0.15, -0.1) is 24.8 Å². The summed E-state index contributed by atoms with van der Waals surface area (Å²) in [6.45, 7) is 4.42. The maximum absolute atomic E-state index is 12.8. The van der Waals surface area contributed by atoms with Crippen LogP contribution in [-0.2, 0) is 4.79 Å². The second kappa shape index (κ2) is 11.6. The molecule has 1 unspecified atom stereocenters. The summed E-state index contributed by atoms with van der Waals surface area (Å²) in [6, 6.07) is 21.7. The van der Waals surface area contributed by atoms with E-state index in [1.807, 2.05) is 0 Å². The minimum atomic E-state index is 0. The molecule has 2 aromatic carbocycles. The van der Waals surface area contributed by atoms with Gasteiger partial charge in [-0.3, -0.25) is 9.69 Å². The number of nitrogens with one attached hydrogen (secondary N) is 1. The Morgan fingerprint density at radius 2 is 1.38 bits per heavy atom. The van der Waals surface area contributed by atoms with Crippen LogP contribution >= 0.6 is 24.8 Å². The maximum Gasteiger partial charge on any atom is 0.239 e. The molecule has 6 heteroatoms. The summed E-state index contributed by atoms with van der Waals surface area (Å²) in [5.74, 6) is 0.297. The Kier molecular flexibility index (Phi) is 9.44. The standard InChI is InChI=1S/C23H29N3O.2ClH/c27-23(21-13-7-8-14-24-21)26-17-15-25(16-18-26)22(19-9-3-1-4-10-19)20-11-5-2-6-12-20;;/h1-6,9-12,21-22,24H,7-8,13-18H2;2*1H. The van der Waals surface area contributed by atoms with Crippen molar-refractivity contribution in [2.24, 2.45) is 0 Å². The van der Waals surface area contributed by atoms with E-state index in [-0.39, 0.29) is 36.9 Å². The number of piperidine rings is 1. The second-order valence-corrected chi connectivity index (χ2v) is 7.59. The molecule has 2 heterocycles. The number of carbonyl (C=O) groups excluding carboxylic acids is 1. The summed E-state index contributed by atoms with van der Waals surface area (Å²) in [4.78, 5) is 17.4. The van der Waals surface area contributed by atoms with Gasteiger partial charge in [-0.2, -0.15) is 0 Å². The number of hydrogen-bond acceptors (Lipinski definition) is 3. The van der Waals surface area contributed by atoms with Crippen molar-refractivity contribution in [1.29, 1.82) is 0 Å². The third kappa shape index (κ3) is 5.73. The van der Waals surface area contributed by atoms with Crippen LogP contribution in [0.1, 0.15) is 36.4 Å². The zero-order valence-corrected chi connectivity index (χ0v) is 18.3. The molecule has 2 aliphatic heterocycles. The van der Waals surface area contributed by atoms with E-state index in [0.29, 0.717) is 5.91 Å². The third-order valence-electron chi connectivity index (χ3n) is 5.83. The first-order valence-electron chi connectivity index (χ1n) is 10.2. The first kappa shape index (κ1) is 23.7. The molecule has 2 fully saturated rings. The zero-order valence-electron chi connectivity index (χ0n) is 16.7. The molecule has 4 nitrogen and oxygen atoms in total. The zero-order chi connectivity index (χ0) is 18.5. The maximum atomic E-state index is 12.8. The lowest BCUT2D eigenvalue weighted by atomic mass is 9.96. The number of hydrogen-bond donors (Lipinski definition) is 1. The molecule has 1 amide bonds. The molecule has 158 valence electrons. The molecule has 0 saturated carbocycles. The molecule has 0 aromatic heterocycles. The van der Waals surface area contributed by atoms with Crippen LogP contribution in [0.2, 0.25) is 0 Å². The Morgan fingerprint density at radius 3 is 1.86 bits per heavy atom. The number of halogens is 2. The van der Waals surface area contributed by atoms with E-state index in [9.17, 15) is 4.79 Å². The molecule has 0 aliphatic carbocycles. The molecular weight excluding hydrogens is 405 g/mol. The molecule has 2 saturated heterocycles. The van der Waals surface area contributed by atoms with Crippen LogP contribution in [-0.4, -0.2) is 54.5 Å². The van der Waals surface area contributed by atoms with Crippen molar-refractivity contribution in [3.8, 4) is 0 Å². The van der Waals surface area contributed by atoms with Crippen LogP contribution in [0.15, 0.2) is 60.7 Å². The van der Waals surface area contributed by atoms with Crippen LogP contribution in [0.5, 0.6) is 0 Å². The highest BCUT2D eigenvalue weighted by Crippen LogP contribution is 2.29. The van der Waals surface area contributed by atoms with Gasteiger partial charge in [-0.05, 0) is 30.5 Å². The quantitative estimate of drug-likeness (QED) is 0.790. The summed E-state index contributed by atoms with van der Waals surface area (Å²) < 4.78 is 0. The number of benzene rings is 2. The third-order valence-corrected chi connectivity index (χ3v) is 5.83. The Labute approximate surface area is 186 Å². The van der Waals surface area contributed by atoms with Gasteiger partial charge in [0, 0.05) is 26.2 Å². The van der Waals surface area contributed by atoms with E-state index in [2.05, 4.69) is 75.8 Å². The van der Waals surface area contributed by atoms with Gasteiger partial charge in [0.2, 0.25) is 5.91 Å². The van der Waals surface area contributed by atoms with E-state index in [1.165, 1.54) is 17.5 Å². The average Bonchev–Trinajstić information content (AvgIpc) is 2.76. The molecule has 0 bridgehead atoms. The number of amides is 1. The van der Waals surface area contributed by atoms with Crippen molar-refractivity contribution in [3.05, 3.63) is 71.8 Å². The topological polar surface area (TPSA) is 35.6 Å². The van der Waals surface area contributed by atoms with Crippen LogP contribution in [0.25, 0.3) is 0 Å². The monoisotopic (exact) mass is 435 g/mol. The smallest absolute Gasteiger partial charge is 0.239 e. The first-order valence-corrected chi connectivity index (χ1v) is 10.2. The lowest BCUT2D eigenvalue weighted by molar-refractivity contribution is -0.136. The predicted octanol–water partition coefficient (Wildman–Crippen LogP) is 3.91. The van der Waals surface area contributed by atoms with Crippen molar-refractivity contribution in [3.63, 3.8) is 0 Å². The fourth-order valence-corrected chi connectivity index (χ4v) is 4.37. The highest BCUT2D eigenvalue weighted by atomic mass is 35.5. The summed E-state index contributed by atoms with van der Waals surface area (Å²) in [6.07, 6.45) is 3.33. The second-order valence-electron chi connectivity index (χ2n) is 7.59. The van der Waals surface area contributed by atoms with E-state index in [1.54, 1.807) is 0 Å². The number of carbonyl (C=O) groups is 1. The molecule has 29 heavy (non-hydrogen) atoms. The first-order chi connectivity index (χ1) is 13.3. The Hall–Kier alpha value is -1.59. The molecule has 0 spiro atoms. The summed E-state index contributed by atoms with van der Waals surface area (Å²) in [5, 5.41) is 3.40. The van der Waals surface area contributed by atoms with Crippen molar-refractivity contribution in [2.75, 3.05) is 32.7 Å². The van der Waals surface area contributed by atoms with Gasteiger partial charge in [0.25, 0.3) is 0 Å². The largest absolute Gasteiger partial charge is 0.339 e. The summed E-state index contributed by atoms with van der Waals surface area (Å²) in [7, 11) is 0. The molecule has 4 rings (SSSR count). The van der Waals surface area contributed by atoms with E-state index in [0.717, 1.165) is 45.6 Å². The van der Waals surface area contributed by atoms with Crippen LogP contribution < -0.4 is 5.32 Å². The van der Waals surface area contributed by atoms with Crippen molar-refractivity contribution in [1.82, 2.24) is 15.1 Å². The molecule has 1 N–H and O–H groups in total. The normalized spacial score (nSPS) is 19.9. The number of piperazine rings is 1. The van der Waals surface area contributed by atoms with Crippen LogP contribution in [0.3, 0.4) is 0 Å². The van der Waals surface area contributed by atoms with Gasteiger partial charge >= 0.3 is 0 Å². The predicted molar refractivity (Wildman–Crippen MR) is 123 cm³/mol. The van der Waals surface area contributed by atoms with E-state index in [4.69, 9.17) is 0 Å². The van der Waals surface area contributed by atoms with Crippen LogP contribution in [0.4, 0.5) is 0 Å². The number of nitrogens with zero attached hydrogens (tertiary/aromatic N) is 2. The Bertz CT molecular complexity index is 691. The highest BCUT2D eigenvalue weighted by Gasteiger charge is 2.31. The van der Waals surface area contributed by atoms with Gasteiger partial charge in [0.1, 0.15) is 0 Å². The van der Waals surface area contributed by atoms with Gasteiger partial charge in [0.15, 0.2) is 0 Å². The lowest BCUT2D eigenvalue weighted by Crippen LogP contribution is -2.55. The summed E-state index contributed by atoms with van der Waals surface area (Å²) in [5.41, 5.74) is 2.63. The van der Waals surface area contributed by atoms with Crippen molar-refractivity contribution < 1.29 is 4.79 Å². The minimum absolute atomic E-state index is 0. The average molecular weight is 436 g/mol. The molecule has 0 radical (unpaired) electrons. The van der Waals surface area contributed by atoms with Gasteiger partial charge < -0.3 is 10.2 Å². The Morgan fingerprint density at radius 1 is 0.828 bits per heavy atom. The van der Waals surface area contributed by atoms with Crippen molar-refractivity contribution in [2.45, 2.75) is 31.3 Å². The van der Waals surface area contributed by atoms with Gasteiger partial charge in [-0.1, -0.05) is 67.1 Å².